The van der Waals surface area contributed by atoms with E-state index in [0.29, 0.717) is 23.1 Å². The van der Waals surface area contributed by atoms with E-state index in [1.807, 2.05) is 13.0 Å². The normalized spacial score (nSPS) is 17.6. The second-order valence-electron chi connectivity index (χ2n) is 5.60. The molecular weight excluding hydrogens is 318 g/mol. The molecule has 0 aliphatic carbocycles. The molecule has 2 amide bonds. The van der Waals surface area contributed by atoms with Gasteiger partial charge in [0.15, 0.2) is 5.82 Å². The largest absolute Gasteiger partial charge is 0.360 e. The van der Waals surface area contributed by atoms with Crippen LogP contribution in [0, 0.1) is 19.8 Å². The molecule has 2 aromatic rings. The minimum Gasteiger partial charge on any atom is -0.360 e. The molecule has 2 heterocycles. The minimum atomic E-state index is -0.433. The molecule has 7 heteroatoms. The molecule has 1 aromatic heterocycles. The fourth-order valence-corrected chi connectivity index (χ4v) is 2.83. The summed E-state index contributed by atoms with van der Waals surface area (Å²) in [6.45, 7) is 3.92. The van der Waals surface area contributed by atoms with Crippen molar-refractivity contribution in [1.29, 1.82) is 0 Å². The van der Waals surface area contributed by atoms with Crippen molar-refractivity contribution in [1.82, 2.24) is 5.16 Å². The Labute approximate surface area is 138 Å². The van der Waals surface area contributed by atoms with Gasteiger partial charge >= 0.3 is 0 Å². The number of hydrogen-bond donors (Lipinski definition) is 1. The molecule has 0 spiro atoms. The van der Waals surface area contributed by atoms with E-state index in [2.05, 4.69) is 10.5 Å². The molecule has 0 saturated carbocycles. The molecule has 1 aliphatic heterocycles. The first kappa shape index (κ1) is 15.6. The minimum absolute atomic E-state index is 0.0909. The van der Waals surface area contributed by atoms with E-state index in [9.17, 15) is 9.59 Å². The number of nitrogens with one attached hydrogen (secondary N) is 1. The van der Waals surface area contributed by atoms with Gasteiger partial charge < -0.3 is 14.7 Å². The predicted octanol–water partition coefficient (Wildman–Crippen LogP) is 2.94. The third kappa shape index (κ3) is 3.07. The van der Waals surface area contributed by atoms with Crippen LogP contribution in [0.1, 0.15) is 17.7 Å². The lowest BCUT2D eigenvalue weighted by atomic mass is 10.1. The predicted molar refractivity (Wildman–Crippen MR) is 86.5 cm³/mol. The molecule has 6 nitrogen and oxygen atoms in total. The number of anilines is 2. The van der Waals surface area contributed by atoms with Gasteiger partial charge in [-0.25, -0.2) is 0 Å². The van der Waals surface area contributed by atoms with Crippen LogP contribution in [0.25, 0.3) is 0 Å². The Balaban J connectivity index is 1.74. The summed E-state index contributed by atoms with van der Waals surface area (Å²) in [7, 11) is 0. The summed E-state index contributed by atoms with van der Waals surface area (Å²) in [6.07, 6.45) is 0.161. The van der Waals surface area contributed by atoms with Gasteiger partial charge in [0.1, 0.15) is 5.76 Å². The van der Waals surface area contributed by atoms with Gasteiger partial charge in [-0.2, -0.15) is 0 Å². The molecule has 23 heavy (non-hydrogen) atoms. The van der Waals surface area contributed by atoms with Crippen molar-refractivity contribution in [3.63, 3.8) is 0 Å². The van der Waals surface area contributed by atoms with Gasteiger partial charge in [0.2, 0.25) is 11.8 Å². The van der Waals surface area contributed by atoms with Crippen LogP contribution in [0.15, 0.2) is 28.8 Å². The van der Waals surface area contributed by atoms with Crippen molar-refractivity contribution in [2.24, 2.45) is 5.92 Å². The number of carbonyl (C=O) groups excluding carboxylic acids is 2. The highest BCUT2D eigenvalue weighted by molar-refractivity contribution is 6.31. The summed E-state index contributed by atoms with van der Waals surface area (Å²) >= 11 is 6.11. The number of nitrogens with zero attached hydrogens (tertiary/aromatic N) is 2. The van der Waals surface area contributed by atoms with Crippen LogP contribution in [-0.2, 0) is 9.59 Å². The highest BCUT2D eigenvalue weighted by Gasteiger charge is 2.36. The molecule has 120 valence electrons. The lowest BCUT2D eigenvalue weighted by Gasteiger charge is -2.19. The summed E-state index contributed by atoms with van der Waals surface area (Å²) in [5, 5.41) is 7.00. The van der Waals surface area contributed by atoms with E-state index >= 15 is 0 Å². The first-order valence-electron chi connectivity index (χ1n) is 7.25. The average Bonchev–Trinajstić information content (AvgIpc) is 3.08. The van der Waals surface area contributed by atoms with Crippen molar-refractivity contribution in [2.45, 2.75) is 20.3 Å². The molecular formula is C16H16ClN3O3. The topological polar surface area (TPSA) is 75.4 Å². The van der Waals surface area contributed by atoms with Gasteiger partial charge in [-0.05, 0) is 31.5 Å². The molecule has 1 saturated heterocycles. The van der Waals surface area contributed by atoms with Crippen molar-refractivity contribution in [2.75, 3.05) is 16.8 Å². The van der Waals surface area contributed by atoms with Gasteiger partial charge in [-0.15, -0.1) is 0 Å². The summed E-state index contributed by atoms with van der Waals surface area (Å²) in [5.41, 5.74) is 1.57. The fourth-order valence-electron chi connectivity index (χ4n) is 2.66. The molecule has 1 aromatic carbocycles. The maximum absolute atomic E-state index is 12.3. The van der Waals surface area contributed by atoms with Crippen LogP contribution in [0.5, 0.6) is 0 Å². The molecule has 0 radical (unpaired) electrons. The van der Waals surface area contributed by atoms with Gasteiger partial charge in [0.05, 0.1) is 5.92 Å². The first-order chi connectivity index (χ1) is 11.0. The van der Waals surface area contributed by atoms with Crippen molar-refractivity contribution in [3.05, 3.63) is 40.6 Å². The van der Waals surface area contributed by atoms with E-state index < -0.39 is 5.92 Å². The van der Waals surface area contributed by atoms with Gasteiger partial charge in [-0.3, -0.25) is 9.59 Å². The zero-order valence-corrected chi connectivity index (χ0v) is 13.6. The zero-order chi connectivity index (χ0) is 16.6. The number of rotatable bonds is 3. The Morgan fingerprint density at radius 1 is 1.43 bits per heavy atom. The van der Waals surface area contributed by atoms with Gasteiger partial charge in [-0.1, -0.05) is 22.8 Å². The maximum atomic E-state index is 12.3. The van der Waals surface area contributed by atoms with E-state index in [4.69, 9.17) is 16.1 Å². The van der Waals surface area contributed by atoms with E-state index in [-0.39, 0.29) is 18.2 Å². The number of aromatic nitrogens is 1. The summed E-state index contributed by atoms with van der Waals surface area (Å²) in [5.74, 6) is 0.204. The van der Waals surface area contributed by atoms with E-state index in [1.54, 1.807) is 30.0 Å². The van der Waals surface area contributed by atoms with Crippen molar-refractivity contribution in [3.8, 4) is 0 Å². The van der Waals surface area contributed by atoms with Crippen LogP contribution in [-0.4, -0.2) is 23.5 Å². The Bertz CT molecular complexity index is 772. The number of hydrogen-bond acceptors (Lipinski definition) is 4. The molecule has 1 fully saturated rings. The van der Waals surface area contributed by atoms with Crippen LogP contribution in [0.4, 0.5) is 11.5 Å². The average molecular weight is 334 g/mol. The second kappa shape index (κ2) is 6.04. The molecule has 1 aliphatic rings. The number of carbonyl (C=O) groups is 2. The fraction of sp³-hybridized carbons (Fsp3) is 0.312. The molecule has 3 rings (SSSR count). The van der Waals surface area contributed by atoms with Crippen LogP contribution >= 0.6 is 11.6 Å². The number of amides is 2. The number of benzene rings is 1. The SMILES string of the molecule is Cc1cc(NC(=O)[C@H]2CC(=O)N(c3cccc(Cl)c3C)C2)no1. The van der Waals surface area contributed by atoms with E-state index in [1.165, 1.54) is 0 Å². The van der Waals surface area contributed by atoms with Crippen LogP contribution in [0.3, 0.4) is 0 Å². The smallest absolute Gasteiger partial charge is 0.231 e. The monoisotopic (exact) mass is 333 g/mol. The Morgan fingerprint density at radius 3 is 2.91 bits per heavy atom. The van der Waals surface area contributed by atoms with Crippen LogP contribution in [0.2, 0.25) is 5.02 Å². The summed E-state index contributed by atoms with van der Waals surface area (Å²) in [6, 6.07) is 7.04. The maximum Gasteiger partial charge on any atom is 0.231 e. The number of halogens is 1. The van der Waals surface area contributed by atoms with Crippen LogP contribution < -0.4 is 10.2 Å². The Morgan fingerprint density at radius 2 is 2.22 bits per heavy atom. The van der Waals surface area contributed by atoms with E-state index in [0.717, 1.165) is 11.3 Å². The quantitative estimate of drug-likeness (QED) is 0.937. The van der Waals surface area contributed by atoms with Gasteiger partial charge in [0.25, 0.3) is 0 Å². The Kier molecular flexibility index (Phi) is 4.09. The standard InChI is InChI=1S/C16H16ClN3O3/c1-9-6-14(19-23-9)18-16(22)11-7-15(21)20(8-11)13-5-3-4-12(17)10(13)2/h3-6,11H,7-8H2,1-2H3,(H,18,19,22)/t11-/m0/s1. The lowest BCUT2D eigenvalue weighted by molar-refractivity contribution is -0.122. The molecule has 1 N–H and O–H groups in total. The highest BCUT2D eigenvalue weighted by atomic mass is 35.5. The van der Waals surface area contributed by atoms with Crippen molar-refractivity contribution < 1.29 is 14.1 Å². The number of aryl methyl sites for hydroxylation is 1. The summed E-state index contributed by atoms with van der Waals surface area (Å²) < 4.78 is 4.91. The second-order valence-corrected chi connectivity index (χ2v) is 6.01. The zero-order valence-electron chi connectivity index (χ0n) is 12.8. The Hall–Kier alpha value is -2.34. The lowest BCUT2D eigenvalue weighted by Crippen LogP contribution is -2.28. The molecule has 0 bridgehead atoms. The third-order valence-corrected chi connectivity index (χ3v) is 4.31. The summed E-state index contributed by atoms with van der Waals surface area (Å²) in [4.78, 5) is 26.2. The van der Waals surface area contributed by atoms with Crippen molar-refractivity contribution >= 4 is 34.9 Å². The third-order valence-electron chi connectivity index (χ3n) is 3.90. The highest BCUT2D eigenvalue weighted by Crippen LogP contribution is 2.31. The molecule has 1 atom stereocenters. The van der Waals surface area contributed by atoms with Gasteiger partial charge in [0, 0.05) is 29.7 Å². The first-order valence-corrected chi connectivity index (χ1v) is 7.63. The molecule has 0 unspecified atom stereocenters.